The number of aliphatic hydroxyl groups is 2. The summed E-state index contributed by atoms with van der Waals surface area (Å²) >= 11 is 0. The maximum absolute atomic E-state index is 13.6. The van der Waals surface area contributed by atoms with Crippen LogP contribution in [0.4, 0.5) is 4.39 Å². The van der Waals surface area contributed by atoms with Crippen molar-refractivity contribution in [3.8, 4) is 0 Å². The van der Waals surface area contributed by atoms with Crippen molar-refractivity contribution in [3.05, 3.63) is 33.1 Å². The molecule has 1 fully saturated rings. The standard InChI is InChI=1S/C11H18FN2O15P3/c1-5(27-31(22,23)29-32(24,25)28-30(19,20)21)7-8(16)11(18,4-12)9(26-7)14-3-2-6(15)13-10(14)17/h2-3,5,7-9,16,18H,4H2,1H3,(H,22,23)(H,24,25)(H,13,15,17)(H2,19,20,21)/t5-,7-,8?,9-,11-/m1/s1. The van der Waals surface area contributed by atoms with Crippen LogP contribution in [0.5, 0.6) is 0 Å². The summed E-state index contributed by atoms with van der Waals surface area (Å²) in [6.07, 6.45) is -7.08. The molecule has 1 aliphatic rings. The van der Waals surface area contributed by atoms with Gasteiger partial charge in [-0.25, -0.2) is 22.9 Å². The lowest BCUT2D eigenvalue weighted by atomic mass is 9.93. The Morgan fingerprint density at radius 3 is 2.31 bits per heavy atom. The Kier molecular flexibility index (Phi) is 7.87. The summed E-state index contributed by atoms with van der Waals surface area (Å²) in [7, 11) is -17.1. The van der Waals surface area contributed by atoms with E-state index in [9.17, 15) is 42.8 Å². The van der Waals surface area contributed by atoms with Crippen molar-refractivity contribution in [2.24, 2.45) is 0 Å². The van der Waals surface area contributed by atoms with Gasteiger partial charge in [0.15, 0.2) is 11.8 Å². The maximum Gasteiger partial charge on any atom is 0.490 e. The third-order valence-electron chi connectivity index (χ3n) is 4.03. The SMILES string of the molecule is C[C@@H](OP(=O)(O)OP(=O)(O)OP(=O)(O)O)[C@H]1O[C@@H](n2ccc(=O)[nH]c2=O)[C@@](O)(CF)C1O. The van der Waals surface area contributed by atoms with Crippen molar-refractivity contribution in [2.45, 2.75) is 37.1 Å². The fourth-order valence-corrected chi connectivity index (χ4v) is 5.97. The van der Waals surface area contributed by atoms with Crippen LogP contribution in [0.1, 0.15) is 13.2 Å². The minimum absolute atomic E-state index is 0.516. The van der Waals surface area contributed by atoms with E-state index in [1.165, 1.54) is 0 Å². The van der Waals surface area contributed by atoms with E-state index in [4.69, 9.17) is 19.4 Å². The van der Waals surface area contributed by atoms with E-state index in [1.54, 1.807) is 4.98 Å². The molecule has 0 bridgehead atoms. The highest BCUT2D eigenvalue weighted by molar-refractivity contribution is 7.66. The first kappa shape index (κ1) is 27.1. The Hall–Kier alpha value is -1.10. The first-order valence-corrected chi connectivity index (χ1v) is 12.7. The minimum atomic E-state index is -5.83. The van der Waals surface area contributed by atoms with Crippen molar-refractivity contribution in [2.75, 3.05) is 6.67 Å². The van der Waals surface area contributed by atoms with Crippen LogP contribution in [-0.2, 0) is 31.6 Å². The van der Waals surface area contributed by atoms with Crippen molar-refractivity contribution >= 4 is 23.5 Å². The lowest BCUT2D eigenvalue weighted by molar-refractivity contribution is -0.122. The molecule has 1 aromatic rings. The van der Waals surface area contributed by atoms with E-state index in [2.05, 4.69) is 13.1 Å². The highest BCUT2D eigenvalue weighted by Crippen LogP contribution is 2.66. The molecule has 0 radical (unpaired) electrons. The topological polar surface area (TPSA) is 264 Å². The van der Waals surface area contributed by atoms with E-state index >= 15 is 0 Å². The Bertz CT molecular complexity index is 1100. The van der Waals surface area contributed by atoms with Crippen LogP contribution in [0.15, 0.2) is 21.9 Å². The number of halogens is 1. The summed E-state index contributed by atoms with van der Waals surface area (Å²) in [5, 5.41) is 20.8. The van der Waals surface area contributed by atoms with Gasteiger partial charge in [-0.1, -0.05) is 0 Å². The first-order valence-electron chi connectivity index (χ1n) is 8.16. The van der Waals surface area contributed by atoms with Gasteiger partial charge in [0, 0.05) is 12.3 Å². The molecule has 21 heteroatoms. The van der Waals surface area contributed by atoms with Crippen molar-refractivity contribution in [1.82, 2.24) is 9.55 Å². The molecular weight excluding hydrogens is 512 g/mol. The lowest BCUT2D eigenvalue weighted by Gasteiger charge is -2.29. The number of phosphoric acid groups is 3. The lowest BCUT2D eigenvalue weighted by Crippen LogP contribution is -2.51. The normalized spacial score (nSPS) is 31.1. The molecule has 7 atom stereocenters. The number of H-pyrrole nitrogens is 1. The molecule has 0 saturated carbocycles. The number of aromatic amines is 1. The third kappa shape index (κ3) is 6.27. The smallest absolute Gasteiger partial charge is 0.387 e. The third-order valence-corrected chi connectivity index (χ3v) is 7.96. The Labute approximate surface area is 176 Å². The zero-order valence-corrected chi connectivity index (χ0v) is 18.4. The molecule has 2 rings (SSSR count). The van der Waals surface area contributed by atoms with Crippen LogP contribution in [0, 0.1) is 0 Å². The van der Waals surface area contributed by atoms with Gasteiger partial charge in [-0.15, -0.1) is 0 Å². The molecule has 0 aromatic carbocycles. The van der Waals surface area contributed by atoms with E-state index in [0.717, 1.165) is 19.2 Å². The van der Waals surface area contributed by atoms with E-state index < -0.39 is 71.5 Å². The number of phosphoric ester groups is 1. The van der Waals surface area contributed by atoms with Gasteiger partial charge in [0.25, 0.3) is 5.56 Å². The van der Waals surface area contributed by atoms with Gasteiger partial charge in [0.1, 0.15) is 18.9 Å². The summed E-state index contributed by atoms with van der Waals surface area (Å²) in [4.78, 5) is 60.7. The van der Waals surface area contributed by atoms with Crippen molar-refractivity contribution < 1.29 is 65.8 Å². The second-order valence-electron chi connectivity index (χ2n) is 6.44. The Balaban J connectivity index is 2.26. The predicted molar refractivity (Wildman–Crippen MR) is 96.6 cm³/mol. The summed E-state index contributed by atoms with van der Waals surface area (Å²) in [6, 6.07) is 0.818. The average Bonchev–Trinajstić information content (AvgIpc) is 2.84. The minimum Gasteiger partial charge on any atom is -0.387 e. The number of ether oxygens (including phenoxy) is 1. The number of aromatic nitrogens is 2. The molecule has 0 aliphatic carbocycles. The highest BCUT2D eigenvalue weighted by atomic mass is 31.3. The van der Waals surface area contributed by atoms with Crippen molar-refractivity contribution in [3.63, 3.8) is 0 Å². The maximum atomic E-state index is 13.6. The molecule has 1 aliphatic heterocycles. The molecule has 7 N–H and O–H groups in total. The molecular formula is C11H18FN2O15P3. The molecule has 2 heterocycles. The molecule has 0 spiro atoms. The van der Waals surface area contributed by atoms with Crippen LogP contribution < -0.4 is 11.2 Å². The van der Waals surface area contributed by atoms with E-state index in [-0.39, 0.29) is 0 Å². The van der Waals surface area contributed by atoms with Gasteiger partial charge in [-0.2, -0.15) is 8.62 Å². The van der Waals surface area contributed by atoms with Gasteiger partial charge in [-0.05, 0) is 6.92 Å². The molecule has 32 heavy (non-hydrogen) atoms. The number of hydrogen-bond donors (Lipinski definition) is 7. The highest BCUT2D eigenvalue weighted by Gasteiger charge is 2.59. The fourth-order valence-electron chi connectivity index (χ4n) is 2.77. The van der Waals surface area contributed by atoms with Crippen LogP contribution in [0.25, 0.3) is 0 Å². The van der Waals surface area contributed by atoms with Crippen LogP contribution in [0.2, 0.25) is 0 Å². The second-order valence-corrected chi connectivity index (χ2v) is 10.8. The average molecular weight is 530 g/mol. The summed E-state index contributed by atoms with van der Waals surface area (Å²) in [5.41, 5.74) is -4.82. The number of aliphatic hydroxyl groups excluding tert-OH is 1. The number of hydrogen-bond acceptors (Lipinski definition) is 11. The Morgan fingerprint density at radius 2 is 1.81 bits per heavy atom. The monoisotopic (exact) mass is 530 g/mol. The number of alkyl halides is 1. The molecule has 1 saturated heterocycles. The predicted octanol–water partition coefficient (Wildman–Crippen LogP) is -1.77. The van der Waals surface area contributed by atoms with Crippen molar-refractivity contribution in [1.29, 1.82) is 0 Å². The largest absolute Gasteiger partial charge is 0.490 e. The zero-order valence-electron chi connectivity index (χ0n) is 15.7. The van der Waals surface area contributed by atoms with Crippen LogP contribution in [0.3, 0.4) is 0 Å². The molecule has 3 unspecified atom stereocenters. The molecule has 184 valence electrons. The quantitative estimate of drug-likeness (QED) is 0.174. The summed E-state index contributed by atoms with van der Waals surface area (Å²) in [6.45, 7) is -0.800. The van der Waals surface area contributed by atoms with Crippen LogP contribution >= 0.6 is 23.5 Å². The summed E-state index contributed by atoms with van der Waals surface area (Å²) < 4.78 is 64.9. The number of nitrogens with one attached hydrogen (secondary N) is 1. The number of nitrogens with zero attached hydrogens (tertiary/aromatic N) is 1. The zero-order chi connectivity index (χ0) is 24.7. The van der Waals surface area contributed by atoms with Gasteiger partial charge in [0.2, 0.25) is 0 Å². The second kappa shape index (κ2) is 9.27. The Morgan fingerprint density at radius 1 is 1.22 bits per heavy atom. The van der Waals surface area contributed by atoms with Gasteiger partial charge < -0.3 is 34.5 Å². The van der Waals surface area contributed by atoms with Crippen LogP contribution in [-0.4, -0.2) is 69.9 Å². The van der Waals surface area contributed by atoms with E-state index in [1.807, 2.05) is 0 Å². The molecule has 1 aromatic heterocycles. The van der Waals surface area contributed by atoms with Gasteiger partial charge in [-0.3, -0.25) is 18.9 Å². The number of rotatable bonds is 9. The molecule has 0 amide bonds. The first-order chi connectivity index (χ1) is 14.4. The summed E-state index contributed by atoms with van der Waals surface area (Å²) in [5.74, 6) is 0. The van der Waals surface area contributed by atoms with Gasteiger partial charge in [0.05, 0.1) is 6.10 Å². The molecule has 17 nitrogen and oxygen atoms in total. The van der Waals surface area contributed by atoms with E-state index in [0.29, 0.717) is 4.57 Å². The fraction of sp³-hybridized carbons (Fsp3) is 0.636. The van der Waals surface area contributed by atoms with Gasteiger partial charge >= 0.3 is 29.2 Å².